The highest BCUT2D eigenvalue weighted by atomic mass is 16.5. The fourth-order valence-electron chi connectivity index (χ4n) is 1.91. The van der Waals surface area contributed by atoms with Gasteiger partial charge in [-0.3, -0.25) is 0 Å². The second kappa shape index (κ2) is 6.43. The van der Waals surface area contributed by atoms with Gasteiger partial charge in [-0.05, 0) is 25.7 Å². The Labute approximate surface area is 92.0 Å². The molecule has 1 rings (SSSR count). The Kier molecular flexibility index (Phi) is 5.53. The molecule has 0 aromatic carbocycles. The van der Waals surface area contributed by atoms with Gasteiger partial charge in [-0.1, -0.05) is 0 Å². The van der Waals surface area contributed by atoms with Crippen LogP contribution in [0.5, 0.6) is 0 Å². The van der Waals surface area contributed by atoms with E-state index in [1.165, 1.54) is 0 Å². The molecule has 0 amide bonds. The minimum absolute atomic E-state index is 0.119. The van der Waals surface area contributed by atoms with Crippen LogP contribution in [-0.2, 0) is 9.47 Å². The van der Waals surface area contributed by atoms with E-state index in [0.29, 0.717) is 18.9 Å². The number of hydrogen-bond acceptors (Lipinski definition) is 4. The van der Waals surface area contributed by atoms with E-state index in [1.807, 2.05) is 0 Å². The van der Waals surface area contributed by atoms with E-state index in [-0.39, 0.29) is 12.1 Å². The van der Waals surface area contributed by atoms with Crippen molar-refractivity contribution >= 4 is 0 Å². The normalized spacial score (nSPS) is 25.4. The molecule has 4 heteroatoms. The summed E-state index contributed by atoms with van der Waals surface area (Å²) in [6.45, 7) is 5.58. The number of aliphatic hydroxyl groups is 1. The Morgan fingerprint density at radius 1 is 1.60 bits per heavy atom. The van der Waals surface area contributed by atoms with Crippen molar-refractivity contribution in [2.45, 2.75) is 25.3 Å². The molecule has 0 bridgehead atoms. The molecule has 0 radical (unpaired) electrons. The van der Waals surface area contributed by atoms with Gasteiger partial charge in [-0.2, -0.15) is 0 Å². The molecule has 90 valence electrons. The van der Waals surface area contributed by atoms with Gasteiger partial charge in [-0.25, -0.2) is 0 Å². The van der Waals surface area contributed by atoms with E-state index >= 15 is 0 Å². The molecule has 0 spiro atoms. The lowest BCUT2D eigenvalue weighted by molar-refractivity contribution is 0.0938. The van der Waals surface area contributed by atoms with Gasteiger partial charge in [-0.15, -0.1) is 0 Å². The lowest BCUT2D eigenvalue weighted by Gasteiger charge is -2.30. The van der Waals surface area contributed by atoms with Crippen molar-refractivity contribution < 1.29 is 14.6 Å². The second-order valence-corrected chi connectivity index (χ2v) is 4.58. The molecule has 2 N–H and O–H groups in total. The number of nitrogens with one attached hydrogen (secondary N) is 1. The highest BCUT2D eigenvalue weighted by Crippen LogP contribution is 2.15. The Morgan fingerprint density at radius 2 is 2.40 bits per heavy atom. The average molecular weight is 217 g/mol. The quantitative estimate of drug-likeness (QED) is 0.648. The smallest absolute Gasteiger partial charge is 0.0642 e. The zero-order chi connectivity index (χ0) is 11.1. The lowest BCUT2D eigenvalue weighted by Crippen LogP contribution is -2.48. The minimum Gasteiger partial charge on any atom is -0.396 e. The number of rotatable bonds is 7. The van der Waals surface area contributed by atoms with Crippen LogP contribution in [-0.4, -0.2) is 50.7 Å². The third-order valence-electron chi connectivity index (χ3n) is 2.97. The highest BCUT2D eigenvalue weighted by Gasteiger charge is 2.25. The fourth-order valence-corrected chi connectivity index (χ4v) is 1.91. The van der Waals surface area contributed by atoms with E-state index in [0.717, 1.165) is 26.2 Å². The molecule has 0 aromatic heterocycles. The van der Waals surface area contributed by atoms with Gasteiger partial charge in [0, 0.05) is 32.4 Å². The Bertz CT molecular complexity index is 163. The van der Waals surface area contributed by atoms with E-state index in [4.69, 9.17) is 14.6 Å². The topological polar surface area (TPSA) is 50.7 Å². The van der Waals surface area contributed by atoms with Crippen molar-refractivity contribution in [3.8, 4) is 0 Å². The van der Waals surface area contributed by atoms with Crippen LogP contribution in [0, 0.1) is 5.92 Å². The van der Waals surface area contributed by atoms with Gasteiger partial charge in [0.1, 0.15) is 0 Å². The minimum atomic E-state index is -0.119. The molecule has 0 aliphatic carbocycles. The molecule has 4 nitrogen and oxygen atoms in total. The lowest BCUT2D eigenvalue weighted by atomic mass is 9.98. The molecule has 15 heavy (non-hydrogen) atoms. The molecule has 1 aliphatic heterocycles. The molecule has 0 aromatic rings. The summed E-state index contributed by atoms with van der Waals surface area (Å²) in [5.74, 6) is 0.611. The van der Waals surface area contributed by atoms with Gasteiger partial charge in [0.2, 0.25) is 0 Å². The molecule has 1 aliphatic rings. The monoisotopic (exact) mass is 217 g/mol. The van der Waals surface area contributed by atoms with Crippen LogP contribution in [0.15, 0.2) is 0 Å². The van der Waals surface area contributed by atoms with Gasteiger partial charge >= 0.3 is 0 Å². The van der Waals surface area contributed by atoms with Gasteiger partial charge in [0.15, 0.2) is 0 Å². The maximum absolute atomic E-state index is 9.00. The molecule has 1 heterocycles. The number of methoxy groups -OCH3 is 1. The fraction of sp³-hybridized carbons (Fsp3) is 1.00. The molecule has 0 saturated carbocycles. The van der Waals surface area contributed by atoms with Crippen molar-refractivity contribution in [3.05, 3.63) is 0 Å². The third kappa shape index (κ3) is 4.47. The standard InChI is InChI=1S/C11H23NO3/c1-11(4-5-13,9-14-2)12-7-10-3-6-15-8-10/h10,12-13H,3-9H2,1-2H3/t10-,11+/m1/s1. The second-order valence-electron chi connectivity index (χ2n) is 4.58. The van der Waals surface area contributed by atoms with Crippen molar-refractivity contribution in [2.75, 3.05) is 40.1 Å². The molecule has 0 unspecified atom stereocenters. The van der Waals surface area contributed by atoms with E-state index in [1.54, 1.807) is 7.11 Å². The third-order valence-corrected chi connectivity index (χ3v) is 2.97. The summed E-state index contributed by atoms with van der Waals surface area (Å²) >= 11 is 0. The molecule has 1 fully saturated rings. The van der Waals surface area contributed by atoms with Crippen molar-refractivity contribution in [1.29, 1.82) is 0 Å². The first-order chi connectivity index (χ1) is 7.20. The molecular weight excluding hydrogens is 194 g/mol. The van der Waals surface area contributed by atoms with Gasteiger partial charge < -0.3 is 19.9 Å². The summed E-state index contributed by atoms with van der Waals surface area (Å²) in [6, 6.07) is 0. The van der Waals surface area contributed by atoms with Crippen LogP contribution in [0.25, 0.3) is 0 Å². The summed E-state index contributed by atoms with van der Waals surface area (Å²) in [6.07, 6.45) is 1.85. The average Bonchev–Trinajstić information content (AvgIpc) is 2.68. The largest absolute Gasteiger partial charge is 0.396 e. The summed E-state index contributed by atoms with van der Waals surface area (Å²) in [7, 11) is 1.69. The number of aliphatic hydroxyl groups excluding tert-OH is 1. The zero-order valence-electron chi connectivity index (χ0n) is 9.79. The van der Waals surface area contributed by atoms with Crippen LogP contribution >= 0.6 is 0 Å². The first-order valence-electron chi connectivity index (χ1n) is 5.63. The van der Waals surface area contributed by atoms with E-state index in [9.17, 15) is 0 Å². The van der Waals surface area contributed by atoms with Crippen LogP contribution in [0.2, 0.25) is 0 Å². The first-order valence-corrected chi connectivity index (χ1v) is 5.63. The highest BCUT2D eigenvalue weighted by molar-refractivity contribution is 4.84. The summed E-state index contributed by atoms with van der Waals surface area (Å²) in [5.41, 5.74) is -0.119. The molecule has 2 atom stereocenters. The van der Waals surface area contributed by atoms with Crippen molar-refractivity contribution in [3.63, 3.8) is 0 Å². The van der Waals surface area contributed by atoms with Crippen molar-refractivity contribution in [1.82, 2.24) is 5.32 Å². The number of hydrogen-bond donors (Lipinski definition) is 2. The summed E-state index contributed by atoms with van der Waals surface area (Å²) < 4.78 is 10.5. The predicted octanol–water partition coefficient (Wildman–Crippen LogP) is 0.400. The maximum Gasteiger partial charge on any atom is 0.0642 e. The van der Waals surface area contributed by atoms with Crippen LogP contribution in [0.4, 0.5) is 0 Å². The Morgan fingerprint density at radius 3 is 2.93 bits per heavy atom. The molecule has 1 saturated heterocycles. The van der Waals surface area contributed by atoms with E-state index in [2.05, 4.69) is 12.2 Å². The van der Waals surface area contributed by atoms with Crippen LogP contribution in [0.3, 0.4) is 0 Å². The van der Waals surface area contributed by atoms with Crippen molar-refractivity contribution in [2.24, 2.45) is 5.92 Å². The maximum atomic E-state index is 9.00. The summed E-state index contributed by atoms with van der Waals surface area (Å²) in [4.78, 5) is 0. The SMILES string of the molecule is COC[C@](C)(CCO)NC[C@H]1CCOC1. The zero-order valence-corrected chi connectivity index (χ0v) is 9.79. The number of ether oxygens (including phenoxy) is 2. The Balaban J connectivity index is 2.29. The predicted molar refractivity (Wildman–Crippen MR) is 58.9 cm³/mol. The first kappa shape index (κ1) is 12.9. The Hall–Kier alpha value is -0.160. The van der Waals surface area contributed by atoms with E-state index < -0.39 is 0 Å². The van der Waals surface area contributed by atoms with Gasteiger partial charge in [0.25, 0.3) is 0 Å². The van der Waals surface area contributed by atoms with Crippen LogP contribution in [0.1, 0.15) is 19.8 Å². The molecular formula is C11H23NO3. The van der Waals surface area contributed by atoms with Gasteiger partial charge in [0.05, 0.1) is 13.2 Å². The summed E-state index contributed by atoms with van der Waals surface area (Å²) in [5, 5.41) is 12.5. The van der Waals surface area contributed by atoms with Crippen LogP contribution < -0.4 is 5.32 Å².